The summed E-state index contributed by atoms with van der Waals surface area (Å²) in [6.45, 7) is 1.97. The zero-order valence-electron chi connectivity index (χ0n) is 10.4. The van der Waals surface area contributed by atoms with Crippen molar-refractivity contribution in [1.82, 2.24) is 0 Å². The molecule has 0 aromatic heterocycles. The molecule has 3 heteroatoms. The largest absolute Gasteiger partial charge is 0.478 e. The van der Waals surface area contributed by atoms with Gasteiger partial charge in [0.15, 0.2) is 0 Å². The maximum absolute atomic E-state index is 11.4. The van der Waals surface area contributed by atoms with E-state index in [1.807, 2.05) is 31.2 Å². The fourth-order valence-corrected chi connectivity index (χ4v) is 2.10. The van der Waals surface area contributed by atoms with Crippen molar-refractivity contribution in [1.29, 1.82) is 0 Å². The Balaban J connectivity index is 2.53. The highest BCUT2D eigenvalue weighted by Gasteiger charge is 2.13. The molecular weight excluding hydrogens is 260 g/mol. The summed E-state index contributed by atoms with van der Waals surface area (Å²) in [5.41, 5.74) is 2.64. The Bertz CT molecular complexity index is 645. The number of rotatable bonds is 3. The molecule has 0 bridgehead atoms. The van der Waals surface area contributed by atoms with Crippen molar-refractivity contribution in [2.24, 2.45) is 0 Å². The molecular formula is C16H13ClO2. The number of halogens is 1. The van der Waals surface area contributed by atoms with Gasteiger partial charge in [0.2, 0.25) is 0 Å². The zero-order valence-corrected chi connectivity index (χ0v) is 11.2. The van der Waals surface area contributed by atoms with Crippen LogP contribution in [0.3, 0.4) is 0 Å². The SMILES string of the molecule is Cc1cccc(/C=C(/C(=O)O)c2ccccc2Cl)c1. The minimum atomic E-state index is -0.991. The fourth-order valence-electron chi connectivity index (χ4n) is 1.86. The van der Waals surface area contributed by atoms with E-state index in [1.54, 1.807) is 30.3 Å². The molecule has 0 amide bonds. The molecule has 19 heavy (non-hydrogen) atoms. The molecule has 0 aliphatic heterocycles. The van der Waals surface area contributed by atoms with E-state index >= 15 is 0 Å². The summed E-state index contributed by atoms with van der Waals surface area (Å²) in [5, 5.41) is 9.79. The summed E-state index contributed by atoms with van der Waals surface area (Å²) >= 11 is 6.06. The third-order valence-corrected chi connectivity index (χ3v) is 3.08. The van der Waals surface area contributed by atoms with Crippen LogP contribution in [0.5, 0.6) is 0 Å². The van der Waals surface area contributed by atoms with Gasteiger partial charge in [0.05, 0.1) is 5.57 Å². The first kappa shape index (κ1) is 13.4. The second-order valence-electron chi connectivity index (χ2n) is 4.26. The lowest BCUT2D eigenvalue weighted by Gasteiger charge is -2.06. The molecule has 0 heterocycles. The number of carbonyl (C=O) groups is 1. The topological polar surface area (TPSA) is 37.3 Å². The lowest BCUT2D eigenvalue weighted by atomic mass is 10.0. The molecule has 0 aliphatic rings. The first-order chi connectivity index (χ1) is 9.08. The van der Waals surface area contributed by atoms with E-state index in [0.717, 1.165) is 11.1 Å². The van der Waals surface area contributed by atoms with Crippen LogP contribution in [0.1, 0.15) is 16.7 Å². The average Bonchev–Trinajstić information content (AvgIpc) is 2.37. The van der Waals surface area contributed by atoms with Crippen LogP contribution in [-0.2, 0) is 4.79 Å². The van der Waals surface area contributed by atoms with Crippen LogP contribution < -0.4 is 0 Å². The molecule has 96 valence electrons. The van der Waals surface area contributed by atoms with Gasteiger partial charge in [0, 0.05) is 10.6 Å². The van der Waals surface area contributed by atoms with E-state index < -0.39 is 5.97 Å². The van der Waals surface area contributed by atoms with Crippen LogP contribution in [0.2, 0.25) is 5.02 Å². The van der Waals surface area contributed by atoms with E-state index in [4.69, 9.17) is 11.6 Å². The zero-order chi connectivity index (χ0) is 13.8. The molecule has 0 aliphatic carbocycles. The molecule has 2 aromatic carbocycles. The summed E-state index contributed by atoms with van der Waals surface area (Å²) < 4.78 is 0. The van der Waals surface area contributed by atoms with Gasteiger partial charge in [-0.3, -0.25) is 0 Å². The quantitative estimate of drug-likeness (QED) is 0.669. The van der Waals surface area contributed by atoms with Gasteiger partial charge in [0.1, 0.15) is 0 Å². The molecule has 0 spiro atoms. The van der Waals surface area contributed by atoms with Gasteiger partial charge in [0.25, 0.3) is 0 Å². The van der Waals surface area contributed by atoms with Gasteiger partial charge in [-0.2, -0.15) is 0 Å². The lowest BCUT2D eigenvalue weighted by molar-refractivity contribution is -0.130. The number of hydrogen-bond acceptors (Lipinski definition) is 1. The Labute approximate surface area is 117 Å². The number of benzene rings is 2. The highest BCUT2D eigenvalue weighted by atomic mass is 35.5. The van der Waals surface area contributed by atoms with Crippen LogP contribution in [0.4, 0.5) is 0 Å². The minimum Gasteiger partial charge on any atom is -0.478 e. The van der Waals surface area contributed by atoms with Crippen LogP contribution in [0, 0.1) is 6.92 Å². The molecule has 0 radical (unpaired) electrons. The predicted octanol–water partition coefficient (Wildman–Crippen LogP) is 4.27. The van der Waals surface area contributed by atoms with Gasteiger partial charge < -0.3 is 5.11 Å². The number of aryl methyl sites for hydroxylation is 1. The highest BCUT2D eigenvalue weighted by Crippen LogP contribution is 2.26. The molecule has 0 atom stereocenters. The third-order valence-electron chi connectivity index (χ3n) is 2.75. The smallest absolute Gasteiger partial charge is 0.336 e. The number of hydrogen-bond donors (Lipinski definition) is 1. The maximum Gasteiger partial charge on any atom is 0.336 e. The minimum absolute atomic E-state index is 0.191. The van der Waals surface area contributed by atoms with Crippen LogP contribution in [0.25, 0.3) is 11.6 Å². The van der Waals surface area contributed by atoms with Crippen LogP contribution >= 0.6 is 11.6 Å². The Morgan fingerprint density at radius 2 is 1.89 bits per heavy atom. The van der Waals surface area contributed by atoms with Crippen molar-refractivity contribution in [3.05, 3.63) is 70.2 Å². The molecule has 2 aromatic rings. The van der Waals surface area contributed by atoms with Crippen molar-refractivity contribution in [2.45, 2.75) is 6.92 Å². The predicted molar refractivity (Wildman–Crippen MR) is 78.1 cm³/mol. The Morgan fingerprint density at radius 1 is 1.16 bits per heavy atom. The lowest BCUT2D eigenvalue weighted by Crippen LogP contribution is -2.00. The average molecular weight is 273 g/mol. The molecule has 0 unspecified atom stereocenters. The summed E-state index contributed by atoms with van der Waals surface area (Å²) in [6, 6.07) is 14.6. The van der Waals surface area contributed by atoms with Gasteiger partial charge in [-0.15, -0.1) is 0 Å². The molecule has 2 nitrogen and oxygen atoms in total. The summed E-state index contributed by atoms with van der Waals surface area (Å²) in [5.74, 6) is -0.991. The van der Waals surface area contributed by atoms with Crippen molar-refractivity contribution in [3.8, 4) is 0 Å². The molecule has 0 saturated heterocycles. The second kappa shape index (κ2) is 5.72. The van der Waals surface area contributed by atoms with Crippen LogP contribution in [-0.4, -0.2) is 11.1 Å². The summed E-state index contributed by atoms with van der Waals surface area (Å²) in [6.07, 6.45) is 1.64. The van der Waals surface area contributed by atoms with E-state index in [9.17, 15) is 9.90 Å². The standard InChI is InChI=1S/C16H13ClO2/c1-11-5-4-6-12(9-11)10-14(16(18)19)13-7-2-3-8-15(13)17/h2-10H,1H3,(H,18,19)/b14-10+. The first-order valence-electron chi connectivity index (χ1n) is 5.84. The highest BCUT2D eigenvalue weighted by molar-refractivity contribution is 6.35. The summed E-state index contributed by atoms with van der Waals surface area (Å²) in [4.78, 5) is 11.4. The van der Waals surface area contributed by atoms with Crippen molar-refractivity contribution < 1.29 is 9.90 Å². The maximum atomic E-state index is 11.4. The van der Waals surface area contributed by atoms with Crippen LogP contribution in [0.15, 0.2) is 48.5 Å². The van der Waals surface area contributed by atoms with Crippen molar-refractivity contribution in [2.75, 3.05) is 0 Å². The first-order valence-corrected chi connectivity index (χ1v) is 6.22. The Hall–Kier alpha value is -2.06. The van der Waals surface area contributed by atoms with Crippen molar-refractivity contribution >= 4 is 29.2 Å². The summed E-state index contributed by atoms with van der Waals surface area (Å²) in [7, 11) is 0. The second-order valence-corrected chi connectivity index (χ2v) is 4.66. The Morgan fingerprint density at radius 3 is 2.53 bits per heavy atom. The van der Waals surface area contributed by atoms with Crippen molar-refractivity contribution in [3.63, 3.8) is 0 Å². The van der Waals surface area contributed by atoms with E-state index in [-0.39, 0.29) is 5.57 Å². The van der Waals surface area contributed by atoms with Gasteiger partial charge in [-0.25, -0.2) is 4.79 Å². The number of carboxylic acid groups (broad SMARTS) is 1. The third kappa shape index (κ3) is 3.24. The monoisotopic (exact) mass is 272 g/mol. The molecule has 2 rings (SSSR count). The van der Waals surface area contributed by atoms with Gasteiger partial charge in [-0.05, 0) is 24.6 Å². The number of aliphatic carboxylic acids is 1. The normalized spacial score (nSPS) is 11.4. The Kier molecular flexibility index (Phi) is 4.03. The fraction of sp³-hybridized carbons (Fsp3) is 0.0625. The molecule has 1 N–H and O–H groups in total. The molecule has 0 saturated carbocycles. The molecule has 0 fully saturated rings. The van der Waals surface area contributed by atoms with E-state index in [2.05, 4.69) is 0 Å². The van der Waals surface area contributed by atoms with Gasteiger partial charge in [-0.1, -0.05) is 59.6 Å². The van der Waals surface area contributed by atoms with E-state index in [1.165, 1.54) is 0 Å². The number of carboxylic acids is 1. The van der Waals surface area contributed by atoms with E-state index in [0.29, 0.717) is 10.6 Å². The van der Waals surface area contributed by atoms with Gasteiger partial charge >= 0.3 is 5.97 Å².